The summed E-state index contributed by atoms with van der Waals surface area (Å²) in [4.78, 5) is 0.0328. The van der Waals surface area contributed by atoms with Crippen molar-refractivity contribution in [3.8, 4) is 0 Å². The van der Waals surface area contributed by atoms with Crippen LogP contribution >= 0.6 is 35.6 Å². The van der Waals surface area contributed by atoms with Gasteiger partial charge in [0.15, 0.2) is 0 Å². The zero-order valence-electron chi connectivity index (χ0n) is 15.6. The molecule has 2 rings (SSSR count). The van der Waals surface area contributed by atoms with E-state index in [4.69, 9.17) is 28.9 Å². The third-order valence-electron chi connectivity index (χ3n) is 3.96. The fourth-order valence-corrected chi connectivity index (χ4v) is 4.23. The van der Waals surface area contributed by atoms with Gasteiger partial charge in [0.1, 0.15) is 15.9 Å². The lowest BCUT2D eigenvalue weighted by Crippen LogP contribution is -2.22. The minimum atomic E-state index is -3.63. The molecule has 0 aliphatic rings. The van der Waals surface area contributed by atoms with E-state index in [0.29, 0.717) is 17.3 Å². The van der Waals surface area contributed by atoms with Crippen LogP contribution in [0.15, 0.2) is 35.0 Å². The normalized spacial score (nSPS) is 12.4. The largest absolute Gasteiger partial charge is 0.327 e. The predicted octanol–water partition coefficient (Wildman–Crippen LogP) is 3.57. The highest BCUT2D eigenvalue weighted by Crippen LogP contribution is 2.28. The van der Waals surface area contributed by atoms with E-state index in [9.17, 15) is 12.8 Å². The van der Waals surface area contributed by atoms with Crippen molar-refractivity contribution in [2.75, 3.05) is 20.6 Å². The smallest absolute Gasteiger partial charge is 0.244 e. The van der Waals surface area contributed by atoms with Gasteiger partial charge in [-0.05, 0) is 30.7 Å². The Morgan fingerprint density at radius 3 is 2.54 bits per heavy atom. The van der Waals surface area contributed by atoms with Crippen LogP contribution in [-0.4, -0.2) is 43.1 Å². The van der Waals surface area contributed by atoms with Crippen LogP contribution in [0.5, 0.6) is 0 Å². The van der Waals surface area contributed by atoms with Crippen LogP contribution in [0.2, 0.25) is 10.2 Å². The first-order valence-electron chi connectivity index (χ1n) is 8.05. The van der Waals surface area contributed by atoms with Gasteiger partial charge in [0, 0.05) is 32.6 Å². The quantitative estimate of drug-likeness (QED) is 0.669. The summed E-state index contributed by atoms with van der Waals surface area (Å²) < 4.78 is 40.6. The molecule has 2 aromatic rings. The summed E-state index contributed by atoms with van der Waals surface area (Å²) in [6.07, 6.45) is 1.64. The Morgan fingerprint density at radius 1 is 1.36 bits per heavy atom. The molecule has 0 aliphatic carbocycles. The molecule has 1 aromatic heterocycles. The Kier molecular flexibility index (Phi) is 8.92. The standard InChI is InChI=1S/C17H21Cl2FN4O2S.ClH/c1-11-14(17(19)24(22-11)10-13(20)6-7-21)8-12-4-5-16(15(18)9-12)27(25,26)23(2)3;/h4-6,9H,7-8,10,21H2,1-3H3;1H/b13-6-;. The van der Waals surface area contributed by atoms with Crippen molar-refractivity contribution in [1.29, 1.82) is 0 Å². The van der Waals surface area contributed by atoms with Gasteiger partial charge in [-0.15, -0.1) is 12.4 Å². The Balaban J connectivity index is 0.00000392. The number of nitrogens with zero attached hydrogens (tertiary/aromatic N) is 3. The highest BCUT2D eigenvalue weighted by Gasteiger charge is 2.21. The number of hydrogen-bond acceptors (Lipinski definition) is 4. The van der Waals surface area contributed by atoms with E-state index in [1.807, 2.05) is 0 Å². The lowest BCUT2D eigenvalue weighted by Gasteiger charge is -2.13. The summed E-state index contributed by atoms with van der Waals surface area (Å²) in [5.41, 5.74) is 7.43. The van der Waals surface area contributed by atoms with Gasteiger partial charge in [-0.3, -0.25) is 0 Å². The third-order valence-corrected chi connectivity index (χ3v) is 6.68. The van der Waals surface area contributed by atoms with Crippen molar-refractivity contribution in [3.05, 3.63) is 57.1 Å². The molecule has 6 nitrogen and oxygen atoms in total. The number of benzene rings is 1. The van der Waals surface area contributed by atoms with Crippen molar-refractivity contribution in [1.82, 2.24) is 14.1 Å². The number of sulfonamides is 1. The number of rotatable bonds is 7. The fourth-order valence-electron chi connectivity index (χ4n) is 2.50. The number of aryl methyl sites for hydroxylation is 1. The van der Waals surface area contributed by atoms with Gasteiger partial charge in [0.2, 0.25) is 10.0 Å². The van der Waals surface area contributed by atoms with E-state index in [2.05, 4.69) is 5.10 Å². The van der Waals surface area contributed by atoms with Crippen LogP contribution < -0.4 is 5.73 Å². The lowest BCUT2D eigenvalue weighted by molar-refractivity contribution is 0.520. The highest BCUT2D eigenvalue weighted by molar-refractivity contribution is 7.89. The summed E-state index contributed by atoms with van der Waals surface area (Å²) in [7, 11) is -0.748. The Hall–Kier alpha value is -1.16. The first kappa shape index (κ1) is 24.9. The second kappa shape index (κ2) is 10.0. The van der Waals surface area contributed by atoms with E-state index in [-0.39, 0.29) is 35.4 Å². The van der Waals surface area contributed by atoms with Crippen molar-refractivity contribution in [2.24, 2.45) is 5.73 Å². The highest BCUT2D eigenvalue weighted by atomic mass is 35.5. The third kappa shape index (κ3) is 5.46. The molecule has 0 atom stereocenters. The Bertz CT molecular complexity index is 975. The van der Waals surface area contributed by atoms with Crippen LogP contribution in [0.4, 0.5) is 4.39 Å². The van der Waals surface area contributed by atoms with Gasteiger partial charge in [-0.2, -0.15) is 5.10 Å². The fraction of sp³-hybridized carbons (Fsp3) is 0.353. The molecule has 0 saturated carbocycles. The second-order valence-electron chi connectivity index (χ2n) is 6.13. The molecule has 0 aliphatic heterocycles. The van der Waals surface area contributed by atoms with E-state index < -0.39 is 15.9 Å². The maximum absolute atomic E-state index is 13.7. The van der Waals surface area contributed by atoms with Gasteiger partial charge in [-0.1, -0.05) is 29.3 Å². The van der Waals surface area contributed by atoms with E-state index >= 15 is 0 Å². The van der Waals surface area contributed by atoms with Crippen LogP contribution in [0.25, 0.3) is 0 Å². The molecule has 156 valence electrons. The van der Waals surface area contributed by atoms with Gasteiger partial charge < -0.3 is 5.73 Å². The van der Waals surface area contributed by atoms with E-state index in [1.165, 1.54) is 30.9 Å². The average Bonchev–Trinajstić information content (AvgIpc) is 2.82. The molecule has 0 radical (unpaired) electrons. The number of aromatic nitrogens is 2. The van der Waals surface area contributed by atoms with Crippen LogP contribution in [-0.2, 0) is 23.0 Å². The summed E-state index contributed by atoms with van der Waals surface area (Å²) >= 11 is 12.5. The minimum Gasteiger partial charge on any atom is -0.327 e. The van der Waals surface area contributed by atoms with Crippen LogP contribution in [0.3, 0.4) is 0 Å². The van der Waals surface area contributed by atoms with Crippen molar-refractivity contribution < 1.29 is 12.8 Å². The molecule has 28 heavy (non-hydrogen) atoms. The molecule has 0 unspecified atom stereocenters. The van der Waals surface area contributed by atoms with Gasteiger partial charge in [-0.25, -0.2) is 21.8 Å². The lowest BCUT2D eigenvalue weighted by atomic mass is 10.1. The maximum Gasteiger partial charge on any atom is 0.244 e. The van der Waals surface area contributed by atoms with Crippen LogP contribution in [0.1, 0.15) is 16.8 Å². The maximum atomic E-state index is 13.7. The van der Waals surface area contributed by atoms with Gasteiger partial charge >= 0.3 is 0 Å². The Morgan fingerprint density at radius 2 is 2.00 bits per heavy atom. The van der Waals surface area contributed by atoms with Crippen molar-refractivity contribution in [3.63, 3.8) is 0 Å². The zero-order valence-corrected chi connectivity index (χ0v) is 18.8. The van der Waals surface area contributed by atoms with E-state index in [0.717, 1.165) is 15.4 Å². The molecule has 0 fully saturated rings. The molecule has 0 spiro atoms. The van der Waals surface area contributed by atoms with Gasteiger partial charge in [0.25, 0.3) is 0 Å². The number of halogens is 4. The average molecular weight is 472 g/mol. The molecule has 1 aromatic carbocycles. The summed E-state index contributed by atoms with van der Waals surface area (Å²) in [5.74, 6) is -0.422. The SMILES string of the molecule is Cc1nn(C/C(F)=C/CN)c(Cl)c1Cc1ccc(S(=O)(=O)N(C)C)c(Cl)c1.Cl. The predicted molar refractivity (Wildman–Crippen MR) is 113 cm³/mol. The van der Waals surface area contributed by atoms with Crippen LogP contribution in [0, 0.1) is 6.92 Å². The summed E-state index contributed by atoms with van der Waals surface area (Å²) in [6, 6.07) is 4.72. The van der Waals surface area contributed by atoms with Gasteiger partial charge in [0.05, 0.1) is 17.3 Å². The number of allylic oxidation sites excluding steroid dienone is 1. The molecule has 0 bridgehead atoms. The minimum absolute atomic E-state index is 0. The van der Waals surface area contributed by atoms with Crippen molar-refractivity contribution >= 4 is 45.6 Å². The molecular formula is C17H22Cl3FN4O2S. The topological polar surface area (TPSA) is 81.2 Å². The summed E-state index contributed by atoms with van der Waals surface area (Å²) in [5, 5.41) is 4.70. The second-order valence-corrected chi connectivity index (χ2v) is 9.01. The monoisotopic (exact) mass is 470 g/mol. The van der Waals surface area contributed by atoms with E-state index in [1.54, 1.807) is 19.1 Å². The molecular weight excluding hydrogens is 450 g/mol. The number of nitrogens with two attached hydrogens (primary N) is 1. The molecule has 2 N–H and O–H groups in total. The zero-order chi connectivity index (χ0) is 20.4. The first-order chi connectivity index (χ1) is 12.6. The molecule has 1 heterocycles. The Labute approximate surface area is 180 Å². The molecule has 0 saturated heterocycles. The molecule has 11 heteroatoms. The number of hydrogen-bond donors (Lipinski definition) is 1. The van der Waals surface area contributed by atoms with Crippen molar-refractivity contribution in [2.45, 2.75) is 24.8 Å². The first-order valence-corrected chi connectivity index (χ1v) is 10.2. The summed E-state index contributed by atoms with van der Waals surface area (Å²) in [6.45, 7) is 1.77. The molecule has 0 amide bonds.